The standard InChI is InChI=1S/C19H20N4OS2/c1-13-11-20-12-22(13)8-5-9-23-18(24)15-10-16(14-6-3-2-4-7-14)26-17(15)21-19(23)25/h2-4,6-7,10-12,15,17H,5,8-9H2,1H3,(H,21,25). The molecule has 0 spiro atoms. The molecule has 1 fully saturated rings. The third-order valence-corrected chi connectivity index (χ3v) is 6.36. The number of fused-ring (bicyclic) bond motifs is 1. The Hall–Kier alpha value is -2.12. The zero-order chi connectivity index (χ0) is 18.1. The summed E-state index contributed by atoms with van der Waals surface area (Å²) in [5.41, 5.74) is 2.27. The van der Waals surface area contributed by atoms with Crippen LogP contribution in [0.1, 0.15) is 17.7 Å². The maximum absolute atomic E-state index is 13.0. The van der Waals surface area contributed by atoms with Crippen molar-refractivity contribution in [1.82, 2.24) is 19.8 Å². The molecule has 5 nitrogen and oxygen atoms in total. The molecular formula is C19H20N4OS2. The number of amides is 1. The minimum Gasteiger partial charge on any atom is -0.349 e. The number of aryl methyl sites for hydroxylation is 2. The number of carbonyl (C=O) groups excluding carboxylic acids is 1. The second kappa shape index (κ2) is 7.25. The summed E-state index contributed by atoms with van der Waals surface area (Å²) in [6, 6.07) is 10.2. The molecule has 1 saturated heterocycles. The molecule has 2 atom stereocenters. The Morgan fingerprint density at radius 3 is 2.81 bits per heavy atom. The minimum atomic E-state index is -0.170. The molecule has 1 aromatic carbocycles. The van der Waals surface area contributed by atoms with Crippen LogP contribution in [0.15, 0.2) is 48.9 Å². The van der Waals surface area contributed by atoms with Gasteiger partial charge in [-0.05, 0) is 31.1 Å². The molecular weight excluding hydrogens is 364 g/mol. The zero-order valence-electron chi connectivity index (χ0n) is 14.5. The lowest BCUT2D eigenvalue weighted by molar-refractivity contribution is -0.131. The van der Waals surface area contributed by atoms with E-state index in [4.69, 9.17) is 12.2 Å². The van der Waals surface area contributed by atoms with Gasteiger partial charge in [0.05, 0.1) is 17.6 Å². The smallest absolute Gasteiger partial charge is 0.238 e. The number of carbonyl (C=O) groups is 1. The van der Waals surface area contributed by atoms with Gasteiger partial charge in [-0.25, -0.2) is 4.98 Å². The van der Waals surface area contributed by atoms with Crippen molar-refractivity contribution in [3.05, 3.63) is 60.2 Å². The molecule has 0 aliphatic carbocycles. The van der Waals surface area contributed by atoms with Crippen LogP contribution in [-0.4, -0.2) is 37.4 Å². The van der Waals surface area contributed by atoms with E-state index in [1.54, 1.807) is 16.7 Å². The van der Waals surface area contributed by atoms with Gasteiger partial charge in [0.15, 0.2) is 5.11 Å². The molecule has 0 saturated carbocycles. The number of hydrogen-bond donors (Lipinski definition) is 1. The van der Waals surface area contributed by atoms with Crippen molar-refractivity contribution >= 4 is 39.9 Å². The minimum absolute atomic E-state index is 0.00245. The predicted octanol–water partition coefficient (Wildman–Crippen LogP) is 3.03. The van der Waals surface area contributed by atoms with Crippen molar-refractivity contribution in [2.24, 2.45) is 5.92 Å². The van der Waals surface area contributed by atoms with Crippen LogP contribution in [0.5, 0.6) is 0 Å². The first-order chi connectivity index (χ1) is 12.6. The van der Waals surface area contributed by atoms with Crippen LogP contribution in [0, 0.1) is 12.8 Å². The molecule has 1 N–H and O–H groups in total. The van der Waals surface area contributed by atoms with Gasteiger partial charge < -0.3 is 9.88 Å². The van der Waals surface area contributed by atoms with Gasteiger partial charge >= 0.3 is 0 Å². The summed E-state index contributed by atoms with van der Waals surface area (Å²) in [4.78, 5) is 20.0. The summed E-state index contributed by atoms with van der Waals surface area (Å²) in [7, 11) is 0. The number of aromatic nitrogens is 2. The van der Waals surface area contributed by atoms with E-state index in [0.717, 1.165) is 29.1 Å². The molecule has 26 heavy (non-hydrogen) atoms. The summed E-state index contributed by atoms with van der Waals surface area (Å²) < 4.78 is 2.09. The fourth-order valence-electron chi connectivity index (χ4n) is 3.30. The van der Waals surface area contributed by atoms with Gasteiger partial charge in [0.1, 0.15) is 0 Å². The van der Waals surface area contributed by atoms with Crippen LogP contribution in [0.2, 0.25) is 0 Å². The van der Waals surface area contributed by atoms with E-state index in [2.05, 4.69) is 33.1 Å². The van der Waals surface area contributed by atoms with Crippen molar-refractivity contribution in [3.8, 4) is 0 Å². The van der Waals surface area contributed by atoms with Gasteiger partial charge in [-0.1, -0.05) is 48.2 Å². The average molecular weight is 385 g/mol. The molecule has 2 unspecified atom stereocenters. The van der Waals surface area contributed by atoms with Crippen molar-refractivity contribution in [2.75, 3.05) is 6.54 Å². The van der Waals surface area contributed by atoms with E-state index in [1.165, 1.54) is 0 Å². The van der Waals surface area contributed by atoms with Gasteiger partial charge in [-0.15, -0.1) is 0 Å². The van der Waals surface area contributed by atoms with E-state index in [1.807, 2.05) is 37.6 Å². The second-order valence-corrected chi connectivity index (χ2v) is 8.05. The highest BCUT2D eigenvalue weighted by atomic mass is 32.2. The van der Waals surface area contributed by atoms with Crippen molar-refractivity contribution < 1.29 is 4.79 Å². The lowest BCUT2D eigenvalue weighted by Gasteiger charge is -2.35. The molecule has 2 aromatic rings. The van der Waals surface area contributed by atoms with Gasteiger partial charge in [-0.3, -0.25) is 9.69 Å². The number of hydrogen-bond acceptors (Lipinski definition) is 4. The molecule has 2 aliphatic rings. The Balaban J connectivity index is 1.44. The molecule has 4 rings (SSSR count). The Labute approximate surface area is 162 Å². The number of nitrogens with one attached hydrogen (secondary N) is 1. The number of imidazole rings is 1. The van der Waals surface area contributed by atoms with E-state index < -0.39 is 0 Å². The summed E-state index contributed by atoms with van der Waals surface area (Å²) >= 11 is 7.14. The Kier molecular flexibility index (Phi) is 4.82. The quantitative estimate of drug-likeness (QED) is 0.803. The van der Waals surface area contributed by atoms with Crippen LogP contribution >= 0.6 is 24.0 Å². The molecule has 3 heterocycles. The van der Waals surface area contributed by atoms with Crippen LogP contribution in [0.3, 0.4) is 0 Å². The lowest BCUT2D eigenvalue weighted by Crippen LogP contribution is -2.57. The Morgan fingerprint density at radius 2 is 2.08 bits per heavy atom. The van der Waals surface area contributed by atoms with Crippen LogP contribution < -0.4 is 5.32 Å². The Morgan fingerprint density at radius 1 is 1.27 bits per heavy atom. The number of thiocarbonyl (C=S) groups is 1. The van der Waals surface area contributed by atoms with Crippen molar-refractivity contribution in [1.29, 1.82) is 0 Å². The fraction of sp³-hybridized carbons (Fsp3) is 0.316. The average Bonchev–Trinajstić information content (AvgIpc) is 3.25. The first-order valence-electron chi connectivity index (χ1n) is 8.66. The molecule has 7 heteroatoms. The van der Waals surface area contributed by atoms with Crippen LogP contribution in [0.25, 0.3) is 4.91 Å². The predicted molar refractivity (Wildman–Crippen MR) is 108 cm³/mol. The van der Waals surface area contributed by atoms with Gasteiger partial charge in [0.2, 0.25) is 5.91 Å². The molecule has 1 amide bonds. The molecule has 134 valence electrons. The summed E-state index contributed by atoms with van der Waals surface area (Å²) in [6.07, 6.45) is 6.58. The zero-order valence-corrected chi connectivity index (χ0v) is 16.1. The summed E-state index contributed by atoms with van der Waals surface area (Å²) in [6.45, 7) is 3.47. The highest BCUT2D eigenvalue weighted by Crippen LogP contribution is 2.43. The summed E-state index contributed by atoms with van der Waals surface area (Å²) in [5, 5.41) is 3.88. The van der Waals surface area contributed by atoms with E-state index in [9.17, 15) is 4.79 Å². The van der Waals surface area contributed by atoms with Crippen molar-refractivity contribution in [3.63, 3.8) is 0 Å². The van der Waals surface area contributed by atoms with E-state index in [-0.39, 0.29) is 17.2 Å². The number of nitrogens with zero attached hydrogens (tertiary/aromatic N) is 3. The topological polar surface area (TPSA) is 50.2 Å². The first kappa shape index (κ1) is 17.3. The molecule has 0 radical (unpaired) electrons. The number of rotatable bonds is 5. The maximum Gasteiger partial charge on any atom is 0.238 e. The third-order valence-electron chi connectivity index (χ3n) is 4.73. The molecule has 1 aromatic heterocycles. The van der Waals surface area contributed by atoms with Gasteiger partial charge in [-0.2, -0.15) is 0 Å². The fourth-order valence-corrected chi connectivity index (χ4v) is 4.96. The summed E-state index contributed by atoms with van der Waals surface area (Å²) in [5.74, 6) is -0.0728. The normalized spacial score (nSPS) is 22.2. The van der Waals surface area contributed by atoms with Gasteiger partial charge in [0, 0.05) is 29.9 Å². The largest absolute Gasteiger partial charge is 0.349 e. The van der Waals surface area contributed by atoms with E-state index >= 15 is 0 Å². The molecule has 2 aliphatic heterocycles. The Bertz CT molecular complexity index is 861. The van der Waals surface area contributed by atoms with Crippen LogP contribution in [-0.2, 0) is 11.3 Å². The monoisotopic (exact) mass is 384 g/mol. The van der Waals surface area contributed by atoms with Gasteiger partial charge in [0.25, 0.3) is 0 Å². The first-order valence-corrected chi connectivity index (χ1v) is 9.95. The second-order valence-electron chi connectivity index (χ2n) is 6.48. The highest BCUT2D eigenvalue weighted by molar-refractivity contribution is 8.09. The highest BCUT2D eigenvalue weighted by Gasteiger charge is 2.42. The lowest BCUT2D eigenvalue weighted by atomic mass is 10.0. The van der Waals surface area contributed by atoms with E-state index in [0.29, 0.717) is 11.7 Å². The number of benzene rings is 1. The van der Waals surface area contributed by atoms with Crippen LogP contribution in [0.4, 0.5) is 0 Å². The SMILES string of the molecule is Cc1cncn1CCCN1C(=O)C2C=C(c3ccccc3)SC2NC1=S. The number of thioether (sulfide) groups is 1. The maximum atomic E-state index is 13.0. The molecule has 0 bridgehead atoms. The van der Waals surface area contributed by atoms with Crippen molar-refractivity contribution in [2.45, 2.75) is 25.3 Å². The third kappa shape index (κ3) is 3.29.